The Morgan fingerprint density at radius 2 is 2.07 bits per heavy atom. The molecule has 1 aromatic heterocycles. The molecule has 7 heteroatoms. The van der Waals surface area contributed by atoms with E-state index in [1.165, 1.54) is 13.0 Å². The van der Waals surface area contributed by atoms with Gasteiger partial charge in [-0.25, -0.2) is 14.4 Å². The van der Waals surface area contributed by atoms with E-state index < -0.39 is 18.0 Å². The maximum Gasteiger partial charge on any atom is 0.304 e. The Morgan fingerprint density at radius 1 is 1.26 bits per heavy atom. The molecule has 4 rings (SSSR count). The highest BCUT2D eigenvalue weighted by molar-refractivity contribution is 6.15. The number of carbonyl (C=O) groups excluding carboxylic acids is 1. The molecule has 27 heavy (non-hydrogen) atoms. The molecular weight excluding hydrogens is 347 g/mol. The van der Waals surface area contributed by atoms with Crippen molar-refractivity contribution in [1.29, 1.82) is 5.26 Å². The van der Waals surface area contributed by atoms with Crippen LogP contribution in [0.2, 0.25) is 0 Å². The van der Waals surface area contributed by atoms with Crippen LogP contribution >= 0.6 is 0 Å². The van der Waals surface area contributed by atoms with Crippen molar-refractivity contribution < 1.29 is 13.9 Å². The highest BCUT2D eigenvalue weighted by atomic mass is 19.1. The first-order valence-electron chi connectivity index (χ1n) is 8.16. The summed E-state index contributed by atoms with van der Waals surface area (Å²) >= 11 is 0. The number of imidazole rings is 1. The number of nitriles is 1. The van der Waals surface area contributed by atoms with Crippen LogP contribution in [0.1, 0.15) is 35.7 Å². The normalized spacial score (nSPS) is 15.0. The standard InChI is InChI=1S/C20H13FN4O2/c1-12(26)27-20-19-23-8-9-25(19)17-7-6-13(11-22)10-15(17)18(24-20)14-4-2-3-5-16(14)21/h2-10,20H,1H3. The lowest BCUT2D eigenvalue weighted by atomic mass is 9.98. The van der Waals surface area contributed by atoms with Gasteiger partial charge in [0.25, 0.3) is 6.23 Å². The van der Waals surface area contributed by atoms with Crippen molar-refractivity contribution >= 4 is 11.7 Å². The fourth-order valence-corrected chi connectivity index (χ4v) is 3.06. The number of benzene rings is 2. The van der Waals surface area contributed by atoms with Gasteiger partial charge in [0.15, 0.2) is 5.82 Å². The molecule has 0 aliphatic carbocycles. The number of aromatic nitrogens is 2. The Kier molecular flexibility index (Phi) is 4.01. The van der Waals surface area contributed by atoms with Gasteiger partial charge in [-0.1, -0.05) is 12.1 Å². The first-order valence-corrected chi connectivity index (χ1v) is 8.16. The van der Waals surface area contributed by atoms with E-state index in [9.17, 15) is 14.4 Å². The minimum atomic E-state index is -1.04. The third-order valence-corrected chi connectivity index (χ3v) is 4.18. The molecular formula is C20H13FN4O2. The van der Waals surface area contributed by atoms with E-state index in [4.69, 9.17) is 4.74 Å². The smallest absolute Gasteiger partial charge is 0.304 e. The van der Waals surface area contributed by atoms with Crippen molar-refractivity contribution in [2.24, 2.45) is 4.99 Å². The fraction of sp³-hybridized carbons (Fsp3) is 0.100. The second-order valence-corrected chi connectivity index (χ2v) is 5.92. The summed E-state index contributed by atoms with van der Waals surface area (Å²) in [5.41, 5.74) is 2.16. The van der Waals surface area contributed by atoms with E-state index >= 15 is 0 Å². The molecule has 3 aromatic rings. The molecule has 1 unspecified atom stereocenters. The predicted molar refractivity (Wildman–Crippen MR) is 94.8 cm³/mol. The van der Waals surface area contributed by atoms with Gasteiger partial charge >= 0.3 is 5.97 Å². The van der Waals surface area contributed by atoms with Crippen molar-refractivity contribution in [2.75, 3.05) is 0 Å². The second kappa shape index (κ2) is 6.50. The molecule has 0 bridgehead atoms. The summed E-state index contributed by atoms with van der Waals surface area (Å²) in [4.78, 5) is 20.4. The first-order chi connectivity index (χ1) is 13.1. The van der Waals surface area contributed by atoms with E-state index in [2.05, 4.69) is 16.0 Å². The fourth-order valence-electron chi connectivity index (χ4n) is 3.06. The van der Waals surface area contributed by atoms with Crippen molar-refractivity contribution in [3.05, 3.63) is 83.2 Å². The van der Waals surface area contributed by atoms with Crippen molar-refractivity contribution in [3.8, 4) is 11.8 Å². The van der Waals surface area contributed by atoms with Crippen molar-refractivity contribution in [2.45, 2.75) is 13.2 Å². The number of halogens is 1. The minimum Gasteiger partial charge on any atom is -0.432 e. The molecule has 1 atom stereocenters. The Morgan fingerprint density at radius 3 is 2.81 bits per heavy atom. The average Bonchev–Trinajstić information content (AvgIpc) is 3.10. The lowest BCUT2D eigenvalue weighted by Gasteiger charge is -2.12. The Labute approximate surface area is 154 Å². The van der Waals surface area contributed by atoms with E-state index in [-0.39, 0.29) is 11.3 Å². The largest absolute Gasteiger partial charge is 0.432 e. The average molecular weight is 360 g/mol. The number of carbonyl (C=O) groups is 1. The van der Waals surface area contributed by atoms with Crippen LogP contribution in [-0.4, -0.2) is 21.2 Å². The second-order valence-electron chi connectivity index (χ2n) is 5.92. The van der Waals surface area contributed by atoms with Gasteiger partial charge in [-0.2, -0.15) is 5.26 Å². The van der Waals surface area contributed by atoms with Gasteiger partial charge < -0.3 is 4.74 Å². The van der Waals surface area contributed by atoms with Crippen LogP contribution < -0.4 is 0 Å². The number of aliphatic imine (C=N–C) groups is 1. The lowest BCUT2D eigenvalue weighted by Crippen LogP contribution is -2.12. The van der Waals surface area contributed by atoms with E-state index in [1.807, 2.05) is 0 Å². The van der Waals surface area contributed by atoms with Crippen molar-refractivity contribution in [3.63, 3.8) is 0 Å². The molecule has 0 radical (unpaired) electrons. The topological polar surface area (TPSA) is 80.3 Å². The van der Waals surface area contributed by atoms with E-state index in [0.717, 1.165) is 0 Å². The van der Waals surface area contributed by atoms with Crippen LogP contribution in [0.5, 0.6) is 0 Å². The Balaban J connectivity index is 2.04. The monoisotopic (exact) mass is 360 g/mol. The van der Waals surface area contributed by atoms with Crippen LogP contribution in [0.25, 0.3) is 5.69 Å². The molecule has 2 heterocycles. The van der Waals surface area contributed by atoms with Gasteiger partial charge in [0.2, 0.25) is 0 Å². The maximum absolute atomic E-state index is 14.6. The zero-order valence-corrected chi connectivity index (χ0v) is 14.3. The van der Waals surface area contributed by atoms with Crippen LogP contribution in [0.4, 0.5) is 4.39 Å². The summed E-state index contributed by atoms with van der Waals surface area (Å²) in [6.07, 6.45) is 2.23. The van der Waals surface area contributed by atoms with Crippen LogP contribution in [-0.2, 0) is 9.53 Å². The number of esters is 1. The molecule has 0 spiro atoms. The number of hydrogen-bond donors (Lipinski definition) is 0. The van der Waals surface area contributed by atoms with Gasteiger partial charge in [-0.3, -0.25) is 9.36 Å². The number of hydrogen-bond acceptors (Lipinski definition) is 5. The molecule has 2 aromatic carbocycles. The molecule has 1 aliphatic rings. The molecule has 1 aliphatic heterocycles. The molecule has 0 fully saturated rings. The summed E-state index contributed by atoms with van der Waals surface area (Å²) < 4.78 is 21.6. The third-order valence-electron chi connectivity index (χ3n) is 4.18. The zero-order valence-electron chi connectivity index (χ0n) is 14.3. The van der Waals surface area contributed by atoms with Gasteiger partial charge in [0.1, 0.15) is 5.82 Å². The number of fused-ring (bicyclic) bond motifs is 3. The Bertz CT molecular complexity index is 1130. The molecule has 132 valence electrons. The maximum atomic E-state index is 14.6. The summed E-state index contributed by atoms with van der Waals surface area (Å²) in [6.45, 7) is 1.28. The number of rotatable bonds is 2. The molecule has 0 N–H and O–H groups in total. The van der Waals surface area contributed by atoms with E-state index in [0.29, 0.717) is 22.6 Å². The van der Waals surface area contributed by atoms with Crippen molar-refractivity contribution in [1.82, 2.24) is 9.55 Å². The van der Waals surface area contributed by atoms with Gasteiger partial charge in [-0.05, 0) is 30.3 Å². The third kappa shape index (κ3) is 2.87. The molecule has 0 amide bonds. The van der Waals surface area contributed by atoms with Crippen LogP contribution in [0.3, 0.4) is 0 Å². The minimum absolute atomic E-state index is 0.247. The SMILES string of the molecule is CC(=O)OC1N=C(c2ccccc2F)c2cc(C#N)ccc2-n2ccnc21. The van der Waals surface area contributed by atoms with E-state index in [1.54, 1.807) is 53.4 Å². The highest BCUT2D eigenvalue weighted by Crippen LogP contribution is 2.31. The first kappa shape index (κ1) is 16.7. The predicted octanol–water partition coefficient (Wildman–Crippen LogP) is 3.30. The summed E-state index contributed by atoms with van der Waals surface area (Å²) in [5.74, 6) is -0.608. The van der Waals surface area contributed by atoms with Crippen LogP contribution in [0.15, 0.2) is 59.9 Å². The number of nitrogens with zero attached hydrogens (tertiary/aromatic N) is 4. The molecule has 6 nitrogen and oxygen atoms in total. The zero-order chi connectivity index (χ0) is 19.0. The quantitative estimate of drug-likeness (QED) is 0.657. The van der Waals surface area contributed by atoms with Gasteiger partial charge in [0, 0.05) is 30.4 Å². The number of ether oxygens (including phenoxy) is 1. The molecule has 0 saturated carbocycles. The van der Waals surface area contributed by atoms with Crippen LogP contribution in [0, 0.1) is 17.1 Å². The highest BCUT2D eigenvalue weighted by Gasteiger charge is 2.28. The lowest BCUT2D eigenvalue weighted by molar-refractivity contribution is -0.146. The summed E-state index contributed by atoms with van der Waals surface area (Å²) in [6, 6.07) is 13.3. The summed E-state index contributed by atoms with van der Waals surface area (Å²) in [5, 5.41) is 9.29. The van der Waals surface area contributed by atoms with Gasteiger partial charge in [-0.15, -0.1) is 0 Å². The Hall–Kier alpha value is -3.79. The van der Waals surface area contributed by atoms with Gasteiger partial charge in [0.05, 0.1) is 23.0 Å². The molecule has 0 saturated heterocycles. The summed E-state index contributed by atoms with van der Waals surface area (Å²) in [7, 11) is 0.